The number of nitrogens with one attached hydrogen (secondary N) is 1. The Morgan fingerprint density at radius 3 is 2.46 bits per heavy atom. The van der Waals surface area contributed by atoms with Crippen LogP contribution in [-0.2, 0) is 18.0 Å². The fourth-order valence-corrected chi connectivity index (χ4v) is 2.95. The van der Waals surface area contributed by atoms with Gasteiger partial charge in [0.2, 0.25) is 5.91 Å². The number of para-hydroxylation sites is 1. The molecule has 0 spiro atoms. The number of amides is 2. The highest BCUT2D eigenvalue weighted by molar-refractivity contribution is 9.10. The Labute approximate surface area is 156 Å². The van der Waals surface area contributed by atoms with E-state index in [0.717, 1.165) is 6.07 Å². The van der Waals surface area contributed by atoms with Crippen molar-refractivity contribution in [2.24, 2.45) is 7.05 Å². The second-order valence-electron chi connectivity index (χ2n) is 5.57. The van der Waals surface area contributed by atoms with Gasteiger partial charge in [-0.1, -0.05) is 12.1 Å². The monoisotopic (exact) mass is 431 g/mol. The van der Waals surface area contributed by atoms with Crippen LogP contribution < -0.4 is 5.32 Å². The van der Waals surface area contributed by atoms with Crippen LogP contribution in [0, 0.1) is 0 Å². The molecule has 2 aromatic rings. The Balaban J connectivity index is 2.13. The lowest BCUT2D eigenvalue weighted by molar-refractivity contribution is -0.137. The molecule has 0 saturated carbocycles. The molecule has 9 heteroatoms. The molecule has 1 aromatic carbocycles. The third-order valence-electron chi connectivity index (χ3n) is 3.70. The van der Waals surface area contributed by atoms with Crippen LogP contribution in [0.2, 0.25) is 0 Å². The maximum atomic E-state index is 13.0. The number of carbonyl (C=O) groups is 2. The van der Waals surface area contributed by atoms with Crippen LogP contribution in [0.1, 0.15) is 23.0 Å². The Morgan fingerprint density at radius 1 is 1.27 bits per heavy atom. The first-order valence-corrected chi connectivity index (χ1v) is 8.50. The van der Waals surface area contributed by atoms with Gasteiger partial charge in [0, 0.05) is 24.3 Å². The second-order valence-corrected chi connectivity index (χ2v) is 6.48. The molecule has 1 aromatic heterocycles. The van der Waals surface area contributed by atoms with E-state index in [4.69, 9.17) is 0 Å². The number of anilines is 1. The van der Waals surface area contributed by atoms with Crippen molar-refractivity contribution in [3.63, 3.8) is 0 Å². The smallest absolute Gasteiger partial charge is 0.345 e. The minimum Gasteiger partial charge on any atom is -0.345 e. The molecular weight excluding hydrogens is 415 g/mol. The number of likely N-dealkylation sites (N-methyl/N-ethyl adjacent to an activating group) is 1. The summed E-state index contributed by atoms with van der Waals surface area (Å²) in [6.45, 7) is 1.56. The summed E-state index contributed by atoms with van der Waals surface area (Å²) in [5.74, 6) is -1.09. The fourth-order valence-electron chi connectivity index (χ4n) is 2.43. The summed E-state index contributed by atoms with van der Waals surface area (Å²) in [5, 5.41) is 2.24. The number of aryl methyl sites for hydroxylation is 1. The first kappa shape index (κ1) is 20.0. The van der Waals surface area contributed by atoms with Crippen molar-refractivity contribution < 1.29 is 22.8 Å². The van der Waals surface area contributed by atoms with Crippen molar-refractivity contribution in [3.05, 3.63) is 52.3 Å². The molecule has 0 bridgehead atoms. The Morgan fingerprint density at radius 2 is 1.92 bits per heavy atom. The van der Waals surface area contributed by atoms with Gasteiger partial charge in [-0.2, -0.15) is 13.2 Å². The predicted molar refractivity (Wildman–Crippen MR) is 94.8 cm³/mol. The number of nitrogens with zero attached hydrogens (tertiary/aromatic N) is 2. The number of halogens is 4. The molecule has 140 valence electrons. The van der Waals surface area contributed by atoms with Crippen molar-refractivity contribution in [1.82, 2.24) is 9.47 Å². The van der Waals surface area contributed by atoms with Crippen LogP contribution >= 0.6 is 15.9 Å². The highest BCUT2D eigenvalue weighted by atomic mass is 79.9. The molecule has 0 aliphatic rings. The highest BCUT2D eigenvalue weighted by Crippen LogP contribution is 2.34. The van der Waals surface area contributed by atoms with Crippen LogP contribution in [0.5, 0.6) is 0 Å². The molecule has 1 N–H and O–H groups in total. The third kappa shape index (κ3) is 4.66. The van der Waals surface area contributed by atoms with E-state index < -0.39 is 17.6 Å². The van der Waals surface area contributed by atoms with E-state index in [1.54, 1.807) is 30.8 Å². The Kier molecular flexibility index (Phi) is 6.12. The van der Waals surface area contributed by atoms with Crippen molar-refractivity contribution in [3.8, 4) is 0 Å². The van der Waals surface area contributed by atoms with Crippen molar-refractivity contribution in [1.29, 1.82) is 0 Å². The first-order chi connectivity index (χ1) is 12.1. The van der Waals surface area contributed by atoms with E-state index in [-0.39, 0.29) is 24.7 Å². The molecule has 26 heavy (non-hydrogen) atoms. The summed E-state index contributed by atoms with van der Waals surface area (Å²) in [6.07, 6.45) is -2.89. The second kappa shape index (κ2) is 7.94. The van der Waals surface area contributed by atoms with Gasteiger partial charge in [0.15, 0.2) is 0 Å². The van der Waals surface area contributed by atoms with Gasteiger partial charge >= 0.3 is 6.18 Å². The molecule has 0 fully saturated rings. The van der Waals surface area contributed by atoms with Gasteiger partial charge < -0.3 is 14.8 Å². The summed E-state index contributed by atoms with van der Waals surface area (Å²) in [6, 6.07) is 6.32. The zero-order valence-corrected chi connectivity index (χ0v) is 15.7. The van der Waals surface area contributed by atoms with Crippen molar-refractivity contribution in [2.45, 2.75) is 13.1 Å². The number of alkyl halides is 3. The normalized spacial score (nSPS) is 11.3. The first-order valence-electron chi connectivity index (χ1n) is 7.70. The molecule has 2 rings (SSSR count). The van der Waals surface area contributed by atoms with Crippen LogP contribution in [0.3, 0.4) is 0 Å². The summed E-state index contributed by atoms with van der Waals surface area (Å²) in [4.78, 5) is 26.0. The van der Waals surface area contributed by atoms with E-state index in [0.29, 0.717) is 10.2 Å². The van der Waals surface area contributed by atoms with Gasteiger partial charge in [0.25, 0.3) is 5.91 Å². The maximum absolute atomic E-state index is 13.0. The quantitative estimate of drug-likeness (QED) is 0.779. The van der Waals surface area contributed by atoms with Crippen LogP contribution in [0.25, 0.3) is 0 Å². The number of rotatable bonds is 5. The SMILES string of the molecule is CCN(CC(=O)Nc1ccccc1C(F)(F)F)C(=O)c1cc(Br)cn1C. The molecule has 0 aliphatic carbocycles. The summed E-state index contributed by atoms with van der Waals surface area (Å²) < 4.78 is 41.3. The van der Waals surface area contributed by atoms with Gasteiger partial charge in [0.05, 0.1) is 11.3 Å². The van der Waals surface area contributed by atoms with Crippen molar-refractivity contribution in [2.75, 3.05) is 18.4 Å². The highest BCUT2D eigenvalue weighted by Gasteiger charge is 2.33. The lowest BCUT2D eigenvalue weighted by Crippen LogP contribution is -2.38. The van der Waals surface area contributed by atoms with Gasteiger partial charge in [-0.25, -0.2) is 0 Å². The van der Waals surface area contributed by atoms with E-state index >= 15 is 0 Å². The number of hydrogen-bond donors (Lipinski definition) is 1. The lowest BCUT2D eigenvalue weighted by Gasteiger charge is -2.21. The number of aromatic nitrogens is 1. The Hall–Kier alpha value is -2.29. The van der Waals surface area contributed by atoms with Crippen LogP contribution in [-0.4, -0.2) is 34.4 Å². The van der Waals surface area contributed by atoms with Gasteiger partial charge in [-0.3, -0.25) is 9.59 Å². The summed E-state index contributed by atoms with van der Waals surface area (Å²) >= 11 is 3.27. The number of hydrogen-bond acceptors (Lipinski definition) is 2. The minimum atomic E-state index is -4.58. The van der Waals surface area contributed by atoms with Gasteiger partial charge in [0.1, 0.15) is 12.2 Å². The molecule has 0 saturated heterocycles. The lowest BCUT2D eigenvalue weighted by atomic mass is 10.1. The van der Waals surface area contributed by atoms with Gasteiger partial charge in [-0.05, 0) is 41.1 Å². The molecule has 0 atom stereocenters. The van der Waals surface area contributed by atoms with E-state index in [2.05, 4.69) is 21.2 Å². The fraction of sp³-hybridized carbons (Fsp3) is 0.294. The zero-order valence-electron chi connectivity index (χ0n) is 14.1. The molecule has 5 nitrogen and oxygen atoms in total. The average molecular weight is 432 g/mol. The minimum absolute atomic E-state index is 0.232. The average Bonchev–Trinajstić information content (AvgIpc) is 2.90. The topological polar surface area (TPSA) is 54.3 Å². The van der Waals surface area contributed by atoms with E-state index in [9.17, 15) is 22.8 Å². The summed E-state index contributed by atoms with van der Waals surface area (Å²) in [7, 11) is 1.69. The summed E-state index contributed by atoms with van der Waals surface area (Å²) in [5.41, 5.74) is -0.911. The van der Waals surface area contributed by atoms with Gasteiger partial charge in [-0.15, -0.1) is 0 Å². The molecule has 0 aliphatic heterocycles. The zero-order chi connectivity index (χ0) is 19.5. The van der Waals surface area contributed by atoms with E-state index in [1.807, 2.05) is 0 Å². The standard InChI is InChI=1S/C17H17BrF3N3O2/c1-3-24(16(26)14-8-11(18)9-23(14)2)10-15(25)22-13-7-5-4-6-12(13)17(19,20)21/h4-9H,3,10H2,1-2H3,(H,22,25). The number of carbonyl (C=O) groups excluding carboxylic acids is 2. The van der Waals surface area contributed by atoms with Crippen LogP contribution in [0.15, 0.2) is 41.0 Å². The molecule has 0 unspecified atom stereocenters. The third-order valence-corrected chi connectivity index (χ3v) is 4.13. The predicted octanol–water partition coefficient (Wildman–Crippen LogP) is 3.91. The molecule has 2 amide bonds. The number of benzene rings is 1. The molecular formula is C17H17BrF3N3O2. The molecule has 0 radical (unpaired) electrons. The van der Waals surface area contributed by atoms with E-state index in [1.165, 1.54) is 23.1 Å². The maximum Gasteiger partial charge on any atom is 0.418 e. The molecule has 1 heterocycles. The van der Waals surface area contributed by atoms with Crippen LogP contribution in [0.4, 0.5) is 18.9 Å². The largest absolute Gasteiger partial charge is 0.418 e. The Bertz CT molecular complexity index is 818. The van der Waals surface area contributed by atoms with Crippen molar-refractivity contribution >= 4 is 33.4 Å².